The number of hydrogen-bond donors (Lipinski definition) is 0. The highest BCUT2D eigenvalue weighted by atomic mass is 16.3. The fourth-order valence-electron chi connectivity index (χ4n) is 9.54. The second-order valence-corrected chi connectivity index (χ2v) is 16.0. The van der Waals surface area contributed by atoms with Crippen LogP contribution in [0.5, 0.6) is 0 Å². The maximum absolute atomic E-state index is 6.85. The molecule has 0 aliphatic carbocycles. The fourth-order valence-corrected chi connectivity index (χ4v) is 9.54. The quantitative estimate of drug-likeness (QED) is 0.168. The van der Waals surface area contributed by atoms with E-state index in [1.807, 2.05) is 66.7 Å². The predicted octanol–water partition coefficient (Wildman–Crippen LogP) is 14.6. The van der Waals surface area contributed by atoms with Crippen molar-refractivity contribution in [3.05, 3.63) is 212 Å². The molecule has 0 spiro atoms. The molecule has 0 fully saturated rings. The first-order valence-electron chi connectivity index (χ1n) is 21.2. The summed E-state index contributed by atoms with van der Waals surface area (Å²) in [6, 6.07) is 74.4. The van der Waals surface area contributed by atoms with Gasteiger partial charge < -0.3 is 13.6 Å². The largest absolute Gasteiger partial charge is 0.455 e. The second kappa shape index (κ2) is 14.0. The zero-order chi connectivity index (χ0) is 41.4. The molecule has 13 rings (SSSR count). The summed E-state index contributed by atoms with van der Waals surface area (Å²) in [5, 5.41) is 6.73. The lowest BCUT2D eigenvalue weighted by atomic mass is 9.97. The molecular weight excluding hydrogens is 771 g/mol. The van der Waals surface area contributed by atoms with Crippen LogP contribution in [0.4, 0.5) is 0 Å². The third kappa shape index (κ3) is 5.55. The monoisotopic (exact) mass is 805 g/mol. The first-order chi connectivity index (χ1) is 31.2. The molecule has 63 heavy (non-hydrogen) atoms. The zero-order valence-corrected chi connectivity index (χ0v) is 33.9. The Hall–Kier alpha value is -8.61. The van der Waals surface area contributed by atoms with Gasteiger partial charge in [-0.2, -0.15) is 0 Å². The average molecular weight is 806 g/mol. The molecule has 0 N–H and O–H groups in total. The number of fused-ring (bicyclic) bond motifs is 10. The van der Waals surface area contributed by atoms with Crippen LogP contribution in [-0.2, 0) is 0 Å². The van der Waals surface area contributed by atoms with Gasteiger partial charge in [-0.15, -0.1) is 0 Å². The normalized spacial score (nSPS) is 11.8. The lowest BCUT2D eigenvalue weighted by molar-refractivity contribution is 0.673. The molecule has 0 bridgehead atoms. The van der Waals surface area contributed by atoms with E-state index in [2.05, 4.69) is 155 Å². The van der Waals surface area contributed by atoms with Gasteiger partial charge in [-0.1, -0.05) is 152 Å². The summed E-state index contributed by atoms with van der Waals surface area (Å²) in [5.41, 5.74) is 13.3. The van der Waals surface area contributed by atoms with E-state index in [1.165, 1.54) is 16.3 Å². The van der Waals surface area contributed by atoms with Gasteiger partial charge in [-0.3, -0.25) is 0 Å². The third-order valence-electron chi connectivity index (χ3n) is 12.3. The van der Waals surface area contributed by atoms with E-state index in [9.17, 15) is 0 Å². The molecule has 0 aliphatic heterocycles. The Labute approximate surface area is 361 Å². The van der Waals surface area contributed by atoms with E-state index < -0.39 is 0 Å². The molecule has 6 heteroatoms. The molecule has 0 unspecified atom stereocenters. The summed E-state index contributed by atoms with van der Waals surface area (Å²) in [7, 11) is 0. The Morgan fingerprint density at radius 2 is 0.873 bits per heavy atom. The molecule has 0 saturated heterocycles. The van der Waals surface area contributed by atoms with Gasteiger partial charge in [0.25, 0.3) is 0 Å². The summed E-state index contributed by atoms with van der Waals surface area (Å²) in [4.78, 5) is 15.2. The molecular formula is C57H35N5O. The molecule has 13 aromatic rings. The molecule has 0 saturated carbocycles. The lowest BCUT2D eigenvalue weighted by Crippen LogP contribution is -2.00. The number of furan rings is 1. The van der Waals surface area contributed by atoms with Crippen LogP contribution in [-0.4, -0.2) is 24.1 Å². The van der Waals surface area contributed by atoms with Crippen molar-refractivity contribution in [3.63, 3.8) is 0 Å². The topological polar surface area (TPSA) is 61.7 Å². The highest BCUT2D eigenvalue weighted by molar-refractivity contribution is 6.27. The molecule has 294 valence electrons. The maximum Gasteiger partial charge on any atom is 0.164 e. The van der Waals surface area contributed by atoms with E-state index in [0.29, 0.717) is 17.5 Å². The lowest BCUT2D eigenvalue weighted by Gasteiger charge is -2.14. The van der Waals surface area contributed by atoms with Crippen LogP contribution in [0, 0.1) is 0 Å². The van der Waals surface area contributed by atoms with Crippen LogP contribution in [0.1, 0.15) is 0 Å². The maximum atomic E-state index is 6.85. The number of nitrogens with zero attached hydrogens (tertiary/aromatic N) is 5. The van der Waals surface area contributed by atoms with Crippen LogP contribution in [0.2, 0.25) is 0 Å². The first kappa shape index (κ1) is 35.2. The van der Waals surface area contributed by atoms with E-state index in [1.54, 1.807) is 0 Å². The van der Waals surface area contributed by atoms with Gasteiger partial charge in [0, 0.05) is 60.6 Å². The Kier molecular flexibility index (Phi) is 7.80. The van der Waals surface area contributed by atoms with Gasteiger partial charge >= 0.3 is 0 Å². The number of para-hydroxylation sites is 4. The standard InChI is InChI=1S/C57H35N5O/c1-4-17-36(18-5-1)55-58-56(37-19-6-2-7-20-37)60-57(59-55)39-22-16-21-38(33-39)45-35-47-43-26-12-15-30-51(43)63-54(47)52-44-27-11-14-29-49(44)62(53(45)52)41-31-32-50-46(34-41)42-25-10-13-28-48(42)61(50)40-23-8-3-9-24-40/h1-35H. The highest BCUT2D eigenvalue weighted by Crippen LogP contribution is 2.46. The summed E-state index contributed by atoms with van der Waals surface area (Å²) in [5.74, 6) is 1.86. The number of hydrogen-bond acceptors (Lipinski definition) is 4. The van der Waals surface area contributed by atoms with E-state index in [4.69, 9.17) is 19.4 Å². The Morgan fingerprint density at radius 3 is 1.59 bits per heavy atom. The van der Waals surface area contributed by atoms with Crippen molar-refractivity contribution in [2.75, 3.05) is 0 Å². The molecule has 0 atom stereocenters. The highest BCUT2D eigenvalue weighted by Gasteiger charge is 2.24. The summed E-state index contributed by atoms with van der Waals surface area (Å²) in [6.45, 7) is 0. The Bertz CT molecular complexity index is 3850. The van der Waals surface area contributed by atoms with Gasteiger partial charge in [0.05, 0.1) is 27.5 Å². The Morgan fingerprint density at radius 1 is 0.333 bits per heavy atom. The summed E-state index contributed by atoms with van der Waals surface area (Å²) >= 11 is 0. The van der Waals surface area contributed by atoms with Crippen LogP contribution >= 0.6 is 0 Å². The Balaban J connectivity index is 1.10. The number of rotatable bonds is 6. The third-order valence-corrected chi connectivity index (χ3v) is 12.3. The van der Waals surface area contributed by atoms with E-state index >= 15 is 0 Å². The molecule has 0 radical (unpaired) electrons. The first-order valence-corrected chi connectivity index (χ1v) is 21.2. The average Bonchev–Trinajstić information content (AvgIpc) is 4.02. The number of aromatic nitrogens is 5. The van der Waals surface area contributed by atoms with Crippen molar-refractivity contribution >= 4 is 65.6 Å². The van der Waals surface area contributed by atoms with E-state index in [-0.39, 0.29) is 0 Å². The molecule has 6 nitrogen and oxygen atoms in total. The summed E-state index contributed by atoms with van der Waals surface area (Å²) < 4.78 is 11.6. The second-order valence-electron chi connectivity index (χ2n) is 16.0. The van der Waals surface area contributed by atoms with Gasteiger partial charge in [0.1, 0.15) is 11.2 Å². The SMILES string of the molecule is c1ccc(-c2nc(-c3ccccc3)nc(-c3cccc(-c4cc5c6ccccc6oc5c5c6ccccc6n(-c6ccc7c(c6)c6ccccc6n7-c6ccccc6)c45)c3)n2)cc1. The number of benzene rings is 9. The molecule has 0 aliphatic rings. The van der Waals surface area contributed by atoms with Gasteiger partial charge in [0.2, 0.25) is 0 Å². The van der Waals surface area contributed by atoms with Gasteiger partial charge in [-0.25, -0.2) is 15.0 Å². The molecule has 4 aromatic heterocycles. The predicted molar refractivity (Wildman–Crippen MR) is 258 cm³/mol. The minimum Gasteiger partial charge on any atom is -0.455 e. The molecule has 0 amide bonds. The van der Waals surface area contributed by atoms with Crippen molar-refractivity contribution in [2.24, 2.45) is 0 Å². The molecule has 4 heterocycles. The van der Waals surface area contributed by atoms with Crippen LogP contribution in [0.15, 0.2) is 217 Å². The molecule has 9 aromatic carbocycles. The van der Waals surface area contributed by atoms with Crippen molar-refractivity contribution in [1.82, 2.24) is 24.1 Å². The van der Waals surface area contributed by atoms with Gasteiger partial charge in [0.15, 0.2) is 17.5 Å². The minimum atomic E-state index is 0.608. The smallest absolute Gasteiger partial charge is 0.164 e. The van der Waals surface area contributed by atoms with Crippen LogP contribution in [0.25, 0.3) is 122 Å². The van der Waals surface area contributed by atoms with E-state index in [0.717, 1.165) is 88.5 Å². The van der Waals surface area contributed by atoms with Crippen LogP contribution < -0.4 is 0 Å². The zero-order valence-electron chi connectivity index (χ0n) is 33.9. The van der Waals surface area contributed by atoms with Crippen molar-refractivity contribution < 1.29 is 4.42 Å². The fraction of sp³-hybridized carbons (Fsp3) is 0. The summed E-state index contributed by atoms with van der Waals surface area (Å²) in [6.07, 6.45) is 0. The van der Waals surface area contributed by atoms with Gasteiger partial charge in [-0.05, 0) is 66.2 Å². The van der Waals surface area contributed by atoms with Crippen molar-refractivity contribution in [1.29, 1.82) is 0 Å². The van der Waals surface area contributed by atoms with Crippen molar-refractivity contribution in [2.45, 2.75) is 0 Å². The van der Waals surface area contributed by atoms with Crippen LogP contribution in [0.3, 0.4) is 0 Å². The van der Waals surface area contributed by atoms with Crippen molar-refractivity contribution in [3.8, 4) is 56.7 Å². The minimum absolute atomic E-state index is 0.608.